The van der Waals surface area contributed by atoms with Gasteiger partial charge in [-0.15, -0.1) is 10.2 Å². The maximum atomic E-state index is 5.33. The molecule has 8 heteroatoms. The molecule has 0 saturated carbocycles. The van der Waals surface area contributed by atoms with Gasteiger partial charge in [-0.2, -0.15) is 0 Å². The van der Waals surface area contributed by atoms with Gasteiger partial charge in [-0.05, 0) is 13.8 Å². The number of aromatic nitrogens is 5. The second-order valence-electron chi connectivity index (χ2n) is 3.72. The van der Waals surface area contributed by atoms with Gasteiger partial charge in [0, 0.05) is 12.6 Å². The van der Waals surface area contributed by atoms with Crippen LogP contribution in [0.4, 0.5) is 11.6 Å². The van der Waals surface area contributed by atoms with Crippen LogP contribution in [0.1, 0.15) is 18.6 Å². The Kier molecular flexibility index (Phi) is 3.68. The summed E-state index contributed by atoms with van der Waals surface area (Å²) in [7, 11) is 0. The minimum atomic E-state index is 0.550. The number of hydrogen-bond donors (Lipinski definition) is 3. The van der Waals surface area contributed by atoms with Crippen LogP contribution in [-0.4, -0.2) is 24.7 Å². The molecule has 2 rings (SSSR count). The fourth-order valence-corrected chi connectivity index (χ4v) is 1.58. The first-order chi connectivity index (χ1) is 8.72. The molecule has 0 aromatic carbocycles. The highest BCUT2D eigenvalue weighted by atomic mass is 15.3. The SMILES string of the molecule is CCn1cnnc1CNc1cc(NN)nc(C)n1. The molecule has 96 valence electrons. The van der Waals surface area contributed by atoms with Crippen molar-refractivity contribution < 1.29 is 0 Å². The van der Waals surface area contributed by atoms with Gasteiger partial charge >= 0.3 is 0 Å². The Labute approximate surface area is 105 Å². The molecule has 0 spiro atoms. The molecule has 0 bridgehead atoms. The zero-order valence-corrected chi connectivity index (χ0v) is 10.4. The Balaban J connectivity index is 2.08. The molecule has 4 N–H and O–H groups in total. The molecule has 0 atom stereocenters. The normalized spacial score (nSPS) is 10.4. The van der Waals surface area contributed by atoms with Crippen molar-refractivity contribution in [3.8, 4) is 0 Å². The third kappa shape index (κ3) is 2.72. The topological polar surface area (TPSA) is 107 Å². The largest absolute Gasteiger partial charge is 0.363 e. The first-order valence-corrected chi connectivity index (χ1v) is 5.65. The molecule has 0 aliphatic heterocycles. The molecule has 0 unspecified atom stereocenters. The molecular weight excluding hydrogens is 232 g/mol. The van der Waals surface area contributed by atoms with E-state index in [9.17, 15) is 0 Å². The zero-order valence-electron chi connectivity index (χ0n) is 10.4. The standard InChI is InChI=1S/C10H16N8/c1-3-18-6-13-17-10(18)5-12-8-4-9(16-11)15-7(2)14-8/h4,6H,3,5,11H2,1-2H3,(H2,12,14,15,16). The van der Waals surface area contributed by atoms with E-state index in [1.54, 1.807) is 19.3 Å². The van der Waals surface area contributed by atoms with Gasteiger partial charge in [0.1, 0.15) is 23.8 Å². The Hall–Kier alpha value is -2.22. The minimum Gasteiger partial charge on any atom is -0.363 e. The lowest BCUT2D eigenvalue weighted by Gasteiger charge is -2.08. The van der Waals surface area contributed by atoms with E-state index in [1.807, 2.05) is 11.5 Å². The van der Waals surface area contributed by atoms with Gasteiger partial charge < -0.3 is 15.3 Å². The summed E-state index contributed by atoms with van der Waals surface area (Å²) in [6.45, 7) is 5.23. The highest BCUT2D eigenvalue weighted by Gasteiger charge is 2.04. The van der Waals surface area contributed by atoms with Crippen molar-refractivity contribution in [3.63, 3.8) is 0 Å². The Bertz CT molecular complexity index is 520. The number of nitrogens with one attached hydrogen (secondary N) is 2. The van der Waals surface area contributed by atoms with Crippen LogP contribution in [0.25, 0.3) is 0 Å². The summed E-state index contributed by atoms with van der Waals surface area (Å²) in [5.41, 5.74) is 2.50. The summed E-state index contributed by atoms with van der Waals surface area (Å²) in [5, 5.41) is 11.1. The van der Waals surface area contributed by atoms with Crippen molar-refractivity contribution in [2.24, 2.45) is 5.84 Å². The van der Waals surface area contributed by atoms with Gasteiger partial charge in [0.15, 0.2) is 5.82 Å². The number of hydrogen-bond acceptors (Lipinski definition) is 7. The van der Waals surface area contributed by atoms with Crippen LogP contribution in [-0.2, 0) is 13.1 Å². The van der Waals surface area contributed by atoms with Crippen molar-refractivity contribution in [3.05, 3.63) is 24.0 Å². The van der Waals surface area contributed by atoms with Crippen molar-refractivity contribution in [1.82, 2.24) is 24.7 Å². The van der Waals surface area contributed by atoms with Crippen LogP contribution in [0.3, 0.4) is 0 Å². The van der Waals surface area contributed by atoms with Gasteiger partial charge in [-0.25, -0.2) is 15.8 Å². The molecule has 0 radical (unpaired) electrons. The van der Waals surface area contributed by atoms with E-state index >= 15 is 0 Å². The van der Waals surface area contributed by atoms with Crippen LogP contribution in [0.2, 0.25) is 0 Å². The molecular formula is C10H16N8. The number of nitrogens with two attached hydrogens (primary N) is 1. The number of aryl methyl sites for hydroxylation is 2. The molecule has 0 saturated heterocycles. The predicted molar refractivity (Wildman–Crippen MR) is 67.6 cm³/mol. The number of anilines is 2. The molecule has 8 nitrogen and oxygen atoms in total. The summed E-state index contributed by atoms with van der Waals surface area (Å²) in [6, 6.07) is 1.74. The van der Waals surface area contributed by atoms with E-state index in [2.05, 4.69) is 30.9 Å². The van der Waals surface area contributed by atoms with E-state index < -0.39 is 0 Å². The van der Waals surface area contributed by atoms with E-state index in [0.29, 0.717) is 24.0 Å². The number of hydrazine groups is 1. The lowest BCUT2D eigenvalue weighted by molar-refractivity contribution is 0.707. The number of nitrogens with zero attached hydrogens (tertiary/aromatic N) is 5. The van der Waals surface area contributed by atoms with E-state index in [0.717, 1.165) is 12.4 Å². The smallest absolute Gasteiger partial charge is 0.152 e. The van der Waals surface area contributed by atoms with Gasteiger partial charge in [-0.3, -0.25) is 0 Å². The summed E-state index contributed by atoms with van der Waals surface area (Å²) >= 11 is 0. The molecule has 0 fully saturated rings. The fourth-order valence-electron chi connectivity index (χ4n) is 1.58. The predicted octanol–water partition coefficient (Wildman–Crippen LogP) is 0.294. The lowest BCUT2D eigenvalue weighted by atomic mass is 10.4. The molecule has 18 heavy (non-hydrogen) atoms. The average molecular weight is 248 g/mol. The number of nitrogen functional groups attached to an aromatic ring is 1. The van der Waals surface area contributed by atoms with Gasteiger partial charge in [0.05, 0.1) is 6.54 Å². The Morgan fingerprint density at radius 2 is 2.11 bits per heavy atom. The molecule has 0 amide bonds. The van der Waals surface area contributed by atoms with Crippen LogP contribution < -0.4 is 16.6 Å². The summed E-state index contributed by atoms with van der Waals surface area (Å²) < 4.78 is 1.96. The third-order valence-electron chi connectivity index (χ3n) is 2.45. The van der Waals surface area contributed by atoms with Crippen molar-refractivity contribution in [2.45, 2.75) is 26.9 Å². The van der Waals surface area contributed by atoms with Gasteiger partial charge in [0.2, 0.25) is 0 Å². The highest BCUT2D eigenvalue weighted by Crippen LogP contribution is 2.10. The van der Waals surface area contributed by atoms with Gasteiger partial charge in [-0.1, -0.05) is 0 Å². The second-order valence-corrected chi connectivity index (χ2v) is 3.72. The maximum Gasteiger partial charge on any atom is 0.152 e. The van der Waals surface area contributed by atoms with Crippen LogP contribution in [0.15, 0.2) is 12.4 Å². The third-order valence-corrected chi connectivity index (χ3v) is 2.45. The first-order valence-electron chi connectivity index (χ1n) is 5.65. The second kappa shape index (κ2) is 5.41. The van der Waals surface area contributed by atoms with Gasteiger partial charge in [0.25, 0.3) is 0 Å². The lowest BCUT2D eigenvalue weighted by Crippen LogP contribution is -2.12. The van der Waals surface area contributed by atoms with Crippen molar-refractivity contribution in [1.29, 1.82) is 0 Å². The zero-order chi connectivity index (χ0) is 13.0. The molecule has 2 aromatic rings. The van der Waals surface area contributed by atoms with Crippen LogP contribution in [0, 0.1) is 6.92 Å². The molecule has 2 heterocycles. The Morgan fingerprint density at radius 1 is 1.33 bits per heavy atom. The Morgan fingerprint density at radius 3 is 2.83 bits per heavy atom. The fraction of sp³-hybridized carbons (Fsp3) is 0.400. The number of rotatable bonds is 5. The highest BCUT2D eigenvalue weighted by molar-refractivity contribution is 5.46. The van der Waals surface area contributed by atoms with E-state index in [1.165, 1.54) is 0 Å². The molecule has 2 aromatic heterocycles. The van der Waals surface area contributed by atoms with Crippen molar-refractivity contribution in [2.75, 3.05) is 10.7 Å². The molecule has 0 aliphatic carbocycles. The van der Waals surface area contributed by atoms with Crippen molar-refractivity contribution >= 4 is 11.6 Å². The van der Waals surface area contributed by atoms with Crippen LogP contribution in [0.5, 0.6) is 0 Å². The van der Waals surface area contributed by atoms with Crippen LogP contribution >= 0.6 is 0 Å². The first kappa shape index (κ1) is 12.2. The molecule has 0 aliphatic rings. The van der Waals surface area contributed by atoms with E-state index in [4.69, 9.17) is 5.84 Å². The monoisotopic (exact) mass is 248 g/mol. The maximum absolute atomic E-state index is 5.33. The quantitative estimate of drug-likeness (QED) is 0.516. The summed E-state index contributed by atoms with van der Waals surface area (Å²) in [6.07, 6.45) is 1.70. The average Bonchev–Trinajstić information content (AvgIpc) is 2.83. The van der Waals surface area contributed by atoms with E-state index in [-0.39, 0.29) is 0 Å². The summed E-state index contributed by atoms with van der Waals surface area (Å²) in [4.78, 5) is 8.37. The minimum absolute atomic E-state index is 0.550. The summed E-state index contributed by atoms with van der Waals surface area (Å²) in [5.74, 6) is 8.10.